The van der Waals surface area contributed by atoms with Gasteiger partial charge >= 0.3 is 6.18 Å². The Hall–Kier alpha value is -2.59. The van der Waals surface area contributed by atoms with E-state index in [1.807, 2.05) is 18.2 Å². The van der Waals surface area contributed by atoms with Crippen LogP contribution in [0.1, 0.15) is 5.69 Å². The molecule has 0 saturated carbocycles. The zero-order chi connectivity index (χ0) is 23.9. The van der Waals surface area contributed by atoms with Gasteiger partial charge in [-0.25, -0.2) is 9.97 Å². The Bertz CT molecular complexity index is 1310. The highest BCUT2D eigenvalue weighted by molar-refractivity contribution is 7.18. The number of aromatic nitrogens is 3. The average Bonchev–Trinajstić information content (AvgIpc) is 3.49. The van der Waals surface area contributed by atoms with E-state index in [2.05, 4.69) is 14.9 Å². The van der Waals surface area contributed by atoms with Gasteiger partial charge in [0.25, 0.3) is 0 Å². The van der Waals surface area contributed by atoms with Crippen LogP contribution in [0.2, 0.25) is 10.0 Å². The normalized spacial score (nSPS) is 14.6. The van der Waals surface area contributed by atoms with Gasteiger partial charge in [0.2, 0.25) is 0 Å². The number of pyridine rings is 1. The second-order valence-corrected chi connectivity index (χ2v) is 9.51. The number of morpholine rings is 1. The first-order valence-electron chi connectivity index (χ1n) is 10.3. The highest BCUT2D eigenvalue weighted by atomic mass is 35.5. The molecule has 0 atom stereocenters. The molecule has 4 aromatic rings. The van der Waals surface area contributed by atoms with Crippen molar-refractivity contribution in [3.05, 3.63) is 70.6 Å². The van der Waals surface area contributed by atoms with E-state index in [4.69, 9.17) is 27.9 Å². The van der Waals surface area contributed by atoms with Crippen molar-refractivity contribution in [3.63, 3.8) is 0 Å². The average molecular weight is 525 g/mol. The van der Waals surface area contributed by atoms with E-state index in [0.717, 1.165) is 35.5 Å². The lowest BCUT2D eigenvalue weighted by Gasteiger charge is -2.27. The Morgan fingerprint density at radius 3 is 2.44 bits per heavy atom. The first-order chi connectivity index (χ1) is 16.3. The van der Waals surface area contributed by atoms with Crippen molar-refractivity contribution in [1.29, 1.82) is 0 Å². The van der Waals surface area contributed by atoms with Crippen LogP contribution < -0.4 is 4.90 Å². The standard InChI is InChI=1S/C23H17Cl2F3N4OS/c24-15-2-3-16(25)17(11-15)32-13-20(23(26,27)28)30-22(32)19-5-4-18(34-19)14-1-6-21(29-12-14)31-7-9-33-10-8-31/h1-6,11-13H,7-10H2. The second kappa shape index (κ2) is 9.22. The first kappa shape index (κ1) is 23.2. The molecule has 0 bridgehead atoms. The van der Waals surface area contributed by atoms with Gasteiger partial charge in [-0.2, -0.15) is 13.2 Å². The van der Waals surface area contributed by atoms with E-state index in [1.165, 1.54) is 28.0 Å². The monoisotopic (exact) mass is 524 g/mol. The number of ether oxygens (including phenoxy) is 1. The predicted octanol–water partition coefficient (Wildman–Crippen LogP) is 6.83. The van der Waals surface area contributed by atoms with Crippen LogP contribution in [-0.2, 0) is 10.9 Å². The van der Waals surface area contributed by atoms with Crippen molar-refractivity contribution in [1.82, 2.24) is 14.5 Å². The molecule has 4 heterocycles. The molecule has 1 aliphatic heterocycles. The molecule has 1 aliphatic rings. The van der Waals surface area contributed by atoms with Crippen molar-refractivity contribution in [3.8, 4) is 26.8 Å². The first-order valence-corrected chi connectivity index (χ1v) is 11.9. The number of imidazole rings is 1. The fourth-order valence-electron chi connectivity index (χ4n) is 3.67. The van der Waals surface area contributed by atoms with Gasteiger partial charge in [0.05, 0.1) is 28.8 Å². The van der Waals surface area contributed by atoms with E-state index in [0.29, 0.717) is 28.8 Å². The third-order valence-corrected chi connectivity index (χ3v) is 7.04. The maximum atomic E-state index is 13.5. The fraction of sp³-hybridized carbons (Fsp3) is 0.217. The Morgan fingerprint density at radius 1 is 0.971 bits per heavy atom. The molecule has 1 aromatic carbocycles. The number of thiophene rings is 1. The minimum atomic E-state index is -4.61. The fourth-order valence-corrected chi connectivity index (χ4v) is 5.03. The largest absolute Gasteiger partial charge is 0.434 e. The summed E-state index contributed by atoms with van der Waals surface area (Å²) in [5.41, 5.74) is 0.173. The number of hydrogen-bond acceptors (Lipinski definition) is 5. The van der Waals surface area contributed by atoms with Crippen LogP contribution in [0.4, 0.5) is 19.0 Å². The highest BCUT2D eigenvalue weighted by Gasteiger charge is 2.35. The molecule has 0 N–H and O–H groups in total. The van der Waals surface area contributed by atoms with E-state index < -0.39 is 11.9 Å². The third kappa shape index (κ3) is 4.65. The number of anilines is 1. The quantitative estimate of drug-likeness (QED) is 0.293. The van der Waals surface area contributed by atoms with Gasteiger partial charge in [0, 0.05) is 40.9 Å². The number of hydrogen-bond donors (Lipinski definition) is 0. The summed E-state index contributed by atoms with van der Waals surface area (Å²) in [5.74, 6) is 0.996. The number of benzene rings is 1. The molecule has 11 heteroatoms. The molecule has 0 spiro atoms. The number of alkyl halides is 3. The van der Waals surface area contributed by atoms with E-state index in [1.54, 1.807) is 18.3 Å². The van der Waals surface area contributed by atoms with E-state index in [-0.39, 0.29) is 10.8 Å². The summed E-state index contributed by atoms with van der Waals surface area (Å²) >= 11 is 13.7. The summed E-state index contributed by atoms with van der Waals surface area (Å²) < 4.78 is 47.2. The van der Waals surface area contributed by atoms with Crippen molar-refractivity contribution in [2.24, 2.45) is 0 Å². The topological polar surface area (TPSA) is 43.2 Å². The lowest BCUT2D eigenvalue weighted by molar-refractivity contribution is -0.140. The van der Waals surface area contributed by atoms with Crippen molar-refractivity contribution < 1.29 is 17.9 Å². The Labute approximate surface area is 207 Å². The molecule has 34 heavy (non-hydrogen) atoms. The SMILES string of the molecule is FC(F)(F)c1cn(-c2cc(Cl)ccc2Cl)c(-c2ccc(-c3ccc(N4CCOCC4)nc3)s2)n1. The van der Waals surface area contributed by atoms with Crippen molar-refractivity contribution >= 4 is 40.4 Å². The van der Waals surface area contributed by atoms with E-state index >= 15 is 0 Å². The van der Waals surface area contributed by atoms with Crippen LogP contribution >= 0.6 is 34.5 Å². The summed E-state index contributed by atoms with van der Waals surface area (Å²) in [4.78, 5) is 12.0. The minimum Gasteiger partial charge on any atom is -0.378 e. The van der Waals surface area contributed by atoms with Gasteiger partial charge in [0.15, 0.2) is 11.5 Å². The van der Waals surface area contributed by atoms with Crippen molar-refractivity contribution in [2.45, 2.75) is 6.18 Å². The Kier molecular flexibility index (Phi) is 6.28. The highest BCUT2D eigenvalue weighted by Crippen LogP contribution is 2.39. The van der Waals surface area contributed by atoms with Crippen LogP contribution in [0.3, 0.4) is 0 Å². The summed E-state index contributed by atoms with van der Waals surface area (Å²) in [5, 5.41) is 0.613. The summed E-state index contributed by atoms with van der Waals surface area (Å²) in [6.07, 6.45) is -1.91. The Balaban J connectivity index is 1.51. The smallest absolute Gasteiger partial charge is 0.378 e. The van der Waals surface area contributed by atoms with E-state index in [9.17, 15) is 13.2 Å². The maximum Gasteiger partial charge on any atom is 0.434 e. The van der Waals surface area contributed by atoms with Crippen LogP contribution in [0.5, 0.6) is 0 Å². The zero-order valence-corrected chi connectivity index (χ0v) is 19.8. The molecule has 176 valence electrons. The van der Waals surface area contributed by atoms with Gasteiger partial charge in [-0.1, -0.05) is 23.2 Å². The molecule has 0 aliphatic carbocycles. The Morgan fingerprint density at radius 2 is 1.74 bits per heavy atom. The molecular weight excluding hydrogens is 508 g/mol. The van der Waals surface area contributed by atoms with Crippen LogP contribution in [0.25, 0.3) is 26.8 Å². The summed E-state index contributed by atoms with van der Waals surface area (Å²) in [7, 11) is 0. The predicted molar refractivity (Wildman–Crippen MR) is 128 cm³/mol. The molecule has 1 fully saturated rings. The zero-order valence-electron chi connectivity index (χ0n) is 17.5. The van der Waals surface area contributed by atoms with Gasteiger partial charge in [-0.05, 0) is 42.5 Å². The molecule has 0 unspecified atom stereocenters. The molecule has 1 saturated heterocycles. The van der Waals surface area contributed by atoms with Crippen LogP contribution in [0.15, 0.2) is 54.9 Å². The van der Waals surface area contributed by atoms with Gasteiger partial charge in [0.1, 0.15) is 5.82 Å². The lowest BCUT2D eigenvalue weighted by atomic mass is 10.2. The second-order valence-electron chi connectivity index (χ2n) is 7.58. The number of halogens is 5. The molecule has 0 radical (unpaired) electrons. The minimum absolute atomic E-state index is 0.130. The van der Waals surface area contributed by atoms with Gasteiger partial charge < -0.3 is 9.64 Å². The van der Waals surface area contributed by atoms with Gasteiger partial charge in [-0.15, -0.1) is 11.3 Å². The molecule has 3 aromatic heterocycles. The number of rotatable bonds is 4. The maximum absolute atomic E-state index is 13.5. The summed E-state index contributed by atoms with van der Waals surface area (Å²) in [6.45, 7) is 2.90. The lowest BCUT2D eigenvalue weighted by Crippen LogP contribution is -2.36. The number of nitrogens with zero attached hydrogens (tertiary/aromatic N) is 4. The summed E-state index contributed by atoms with van der Waals surface area (Å²) in [6, 6.07) is 12.1. The molecule has 5 rings (SSSR count). The third-order valence-electron chi connectivity index (χ3n) is 5.36. The van der Waals surface area contributed by atoms with Crippen LogP contribution in [-0.4, -0.2) is 40.8 Å². The molecule has 0 amide bonds. The molecular formula is C23H17Cl2F3N4OS. The van der Waals surface area contributed by atoms with Crippen LogP contribution in [0, 0.1) is 0 Å². The molecule has 5 nitrogen and oxygen atoms in total. The van der Waals surface area contributed by atoms with Crippen molar-refractivity contribution in [2.75, 3.05) is 31.2 Å². The van der Waals surface area contributed by atoms with Gasteiger partial charge in [-0.3, -0.25) is 4.57 Å².